The molecule has 1 aromatic rings. The molecule has 0 aliphatic rings. The molecule has 0 saturated heterocycles. The average molecular weight is 215 g/mol. The minimum atomic E-state index is -3.34. The highest BCUT2D eigenvalue weighted by Crippen LogP contribution is 2.15. The third-order valence-corrected chi connectivity index (χ3v) is 3.14. The lowest BCUT2D eigenvalue weighted by Crippen LogP contribution is -2.18. The molecule has 4 nitrogen and oxygen atoms in total. The lowest BCUT2D eigenvalue weighted by Gasteiger charge is -2.04. The van der Waals surface area contributed by atoms with Crippen LogP contribution in [0.15, 0.2) is 29.2 Å². The Morgan fingerprint density at radius 3 is 2.29 bits per heavy atom. The van der Waals surface area contributed by atoms with E-state index < -0.39 is 10.0 Å². The van der Waals surface area contributed by atoms with Crippen molar-refractivity contribution in [1.82, 2.24) is 4.72 Å². The van der Waals surface area contributed by atoms with E-state index in [9.17, 15) is 8.42 Å². The molecule has 1 aromatic carbocycles. The van der Waals surface area contributed by atoms with Crippen LogP contribution in [0, 0.1) is 0 Å². The Kier molecular flexibility index (Phi) is 3.49. The van der Waals surface area contributed by atoms with E-state index in [-0.39, 0.29) is 4.90 Å². The summed E-state index contributed by atoms with van der Waals surface area (Å²) < 4.78 is 30.1. The Balaban J connectivity index is 2.94. The molecule has 78 valence electrons. The van der Waals surface area contributed by atoms with Gasteiger partial charge in [-0.1, -0.05) is 0 Å². The second kappa shape index (κ2) is 4.43. The van der Waals surface area contributed by atoms with Gasteiger partial charge in [0.2, 0.25) is 10.0 Å². The average Bonchev–Trinajstić information content (AvgIpc) is 2.19. The Hall–Kier alpha value is -1.07. The normalized spacial score (nSPS) is 11.3. The zero-order valence-electron chi connectivity index (χ0n) is 8.15. The predicted octanol–water partition coefficient (Wildman–Crippen LogP) is 0.993. The van der Waals surface area contributed by atoms with Crippen molar-refractivity contribution < 1.29 is 13.2 Å². The SMILES string of the molecule is CCOc1ccc(S(=O)(=O)NC)cc1. The standard InChI is InChI=1S/C9H13NO3S/c1-3-13-8-4-6-9(7-5-8)14(11,12)10-2/h4-7,10H,3H2,1-2H3. The van der Waals surface area contributed by atoms with Crippen LogP contribution in [-0.2, 0) is 10.0 Å². The molecule has 0 atom stereocenters. The van der Waals surface area contributed by atoms with Crippen molar-refractivity contribution in [2.75, 3.05) is 13.7 Å². The summed E-state index contributed by atoms with van der Waals surface area (Å²) in [4.78, 5) is 0.239. The summed E-state index contributed by atoms with van der Waals surface area (Å²) in [5.74, 6) is 0.669. The summed E-state index contributed by atoms with van der Waals surface area (Å²) in [5.41, 5.74) is 0. The van der Waals surface area contributed by atoms with Gasteiger partial charge in [0.1, 0.15) is 5.75 Å². The van der Waals surface area contributed by atoms with Crippen LogP contribution in [0.3, 0.4) is 0 Å². The molecule has 0 spiro atoms. The van der Waals surface area contributed by atoms with Crippen molar-refractivity contribution in [3.05, 3.63) is 24.3 Å². The Bertz CT molecular complexity index is 383. The van der Waals surface area contributed by atoms with Crippen molar-refractivity contribution in [3.63, 3.8) is 0 Å². The van der Waals surface area contributed by atoms with E-state index in [1.165, 1.54) is 19.2 Å². The molecule has 5 heteroatoms. The number of hydrogen-bond acceptors (Lipinski definition) is 3. The number of benzene rings is 1. The Labute approximate surface area is 84.0 Å². The van der Waals surface area contributed by atoms with Crippen LogP contribution in [0.2, 0.25) is 0 Å². The maximum atomic E-state index is 11.3. The quantitative estimate of drug-likeness (QED) is 0.815. The van der Waals surface area contributed by atoms with Gasteiger partial charge in [-0.2, -0.15) is 0 Å². The largest absolute Gasteiger partial charge is 0.494 e. The van der Waals surface area contributed by atoms with Gasteiger partial charge in [-0.15, -0.1) is 0 Å². The third kappa shape index (κ3) is 2.46. The van der Waals surface area contributed by atoms with Crippen molar-refractivity contribution in [1.29, 1.82) is 0 Å². The molecule has 0 aromatic heterocycles. The van der Waals surface area contributed by atoms with Crippen LogP contribution in [-0.4, -0.2) is 22.1 Å². The maximum Gasteiger partial charge on any atom is 0.240 e. The molecule has 14 heavy (non-hydrogen) atoms. The van der Waals surface area contributed by atoms with Crippen molar-refractivity contribution in [2.24, 2.45) is 0 Å². The fourth-order valence-corrected chi connectivity index (χ4v) is 1.73. The smallest absolute Gasteiger partial charge is 0.240 e. The first kappa shape index (κ1) is 11.0. The third-order valence-electron chi connectivity index (χ3n) is 1.71. The van der Waals surface area contributed by atoms with Gasteiger partial charge in [-0.05, 0) is 38.2 Å². The van der Waals surface area contributed by atoms with Gasteiger partial charge in [0.15, 0.2) is 0 Å². The molecule has 0 saturated carbocycles. The minimum Gasteiger partial charge on any atom is -0.494 e. The van der Waals surface area contributed by atoms with Gasteiger partial charge in [0.05, 0.1) is 11.5 Å². The summed E-state index contributed by atoms with van der Waals surface area (Å²) >= 11 is 0. The fourth-order valence-electron chi connectivity index (χ4n) is 1.000. The second-order valence-corrected chi connectivity index (χ2v) is 4.50. The molecule has 0 aliphatic carbocycles. The van der Waals surface area contributed by atoms with Gasteiger partial charge >= 0.3 is 0 Å². The number of rotatable bonds is 4. The highest BCUT2D eigenvalue weighted by Gasteiger charge is 2.10. The fraction of sp³-hybridized carbons (Fsp3) is 0.333. The molecule has 0 radical (unpaired) electrons. The van der Waals surface area contributed by atoms with Crippen LogP contribution < -0.4 is 9.46 Å². The minimum absolute atomic E-state index is 0.239. The first-order chi connectivity index (χ1) is 6.60. The summed E-state index contributed by atoms with van der Waals surface area (Å²) in [6.45, 7) is 2.44. The highest BCUT2D eigenvalue weighted by atomic mass is 32.2. The first-order valence-electron chi connectivity index (χ1n) is 4.26. The van der Waals surface area contributed by atoms with Crippen molar-refractivity contribution >= 4 is 10.0 Å². The zero-order chi connectivity index (χ0) is 10.6. The molecule has 0 aliphatic heterocycles. The van der Waals surface area contributed by atoms with Crippen molar-refractivity contribution in [2.45, 2.75) is 11.8 Å². The highest BCUT2D eigenvalue weighted by molar-refractivity contribution is 7.89. The molecular formula is C9H13NO3S. The van der Waals surface area contributed by atoms with Gasteiger partial charge in [0, 0.05) is 0 Å². The molecule has 0 fully saturated rings. The molecule has 0 unspecified atom stereocenters. The summed E-state index contributed by atoms with van der Waals surface area (Å²) in [7, 11) is -1.95. The van der Waals surface area contributed by atoms with E-state index in [1.54, 1.807) is 12.1 Å². The van der Waals surface area contributed by atoms with Crippen LogP contribution >= 0.6 is 0 Å². The van der Waals surface area contributed by atoms with Crippen LogP contribution in [0.5, 0.6) is 5.75 Å². The van der Waals surface area contributed by atoms with Gasteiger partial charge in [-0.25, -0.2) is 13.1 Å². The van der Waals surface area contributed by atoms with E-state index in [4.69, 9.17) is 4.74 Å². The maximum absolute atomic E-state index is 11.3. The van der Waals surface area contributed by atoms with E-state index in [0.29, 0.717) is 12.4 Å². The number of ether oxygens (including phenoxy) is 1. The zero-order valence-corrected chi connectivity index (χ0v) is 8.97. The molecule has 0 amide bonds. The Morgan fingerprint density at radius 1 is 1.29 bits per heavy atom. The van der Waals surface area contributed by atoms with E-state index in [0.717, 1.165) is 0 Å². The number of nitrogens with one attached hydrogen (secondary N) is 1. The topological polar surface area (TPSA) is 55.4 Å². The van der Waals surface area contributed by atoms with E-state index in [1.807, 2.05) is 6.92 Å². The predicted molar refractivity (Wildman–Crippen MR) is 53.9 cm³/mol. The van der Waals surface area contributed by atoms with E-state index in [2.05, 4.69) is 4.72 Å². The molecule has 0 bridgehead atoms. The first-order valence-corrected chi connectivity index (χ1v) is 5.75. The summed E-state index contributed by atoms with van der Waals surface area (Å²) in [5, 5.41) is 0. The van der Waals surface area contributed by atoms with Gasteiger partial charge < -0.3 is 4.74 Å². The Morgan fingerprint density at radius 2 is 1.86 bits per heavy atom. The molecule has 1 rings (SSSR count). The summed E-state index contributed by atoms with van der Waals surface area (Å²) in [6.07, 6.45) is 0. The molecule has 0 heterocycles. The van der Waals surface area contributed by atoms with Gasteiger partial charge in [0.25, 0.3) is 0 Å². The lowest BCUT2D eigenvalue weighted by atomic mass is 10.3. The number of sulfonamides is 1. The van der Waals surface area contributed by atoms with E-state index >= 15 is 0 Å². The van der Waals surface area contributed by atoms with Crippen LogP contribution in [0.1, 0.15) is 6.92 Å². The van der Waals surface area contributed by atoms with Crippen LogP contribution in [0.4, 0.5) is 0 Å². The second-order valence-electron chi connectivity index (χ2n) is 2.61. The van der Waals surface area contributed by atoms with Crippen LogP contribution in [0.25, 0.3) is 0 Å². The monoisotopic (exact) mass is 215 g/mol. The summed E-state index contributed by atoms with van der Waals surface area (Å²) in [6, 6.07) is 6.29. The molecule has 1 N–H and O–H groups in total. The number of hydrogen-bond donors (Lipinski definition) is 1. The lowest BCUT2D eigenvalue weighted by molar-refractivity contribution is 0.340. The molecular weight excluding hydrogens is 202 g/mol. The van der Waals surface area contributed by atoms with Crippen molar-refractivity contribution in [3.8, 4) is 5.75 Å². The van der Waals surface area contributed by atoms with Gasteiger partial charge in [-0.3, -0.25) is 0 Å².